The summed E-state index contributed by atoms with van der Waals surface area (Å²) >= 11 is 5.85. The molecule has 2 aromatic carbocycles. The van der Waals surface area contributed by atoms with Crippen LogP contribution in [0.1, 0.15) is 17.2 Å². The van der Waals surface area contributed by atoms with Gasteiger partial charge in [0.1, 0.15) is 6.61 Å². The Kier molecular flexibility index (Phi) is 5.81. The molecule has 1 N–H and O–H groups in total. The van der Waals surface area contributed by atoms with Crippen molar-refractivity contribution in [3.05, 3.63) is 70.7 Å². The van der Waals surface area contributed by atoms with E-state index in [1.54, 1.807) is 31.3 Å². The van der Waals surface area contributed by atoms with Gasteiger partial charge in [-0.2, -0.15) is 0 Å². The third kappa shape index (κ3) is 4.23. The Morgan fingerprint density at radius 3 is 2.41 bits per heavy atom. The van der Waals surface area contributed by atoms with Crippen molar-refractivity contribution in [1.82, 2.24) is 4.90 Å². The number of hydrogen-bond donors (Lipinski definition) is 1. The lowest BCUT2D eigenvalue weighted by Gasteiger charge is -2.26. The number of benzene rings is 2. The fourth-order valence-electron chi connectivity index (χ4n) is 2.08. The van der Waals surface area contributed by atoms with Gasteiger partial charge in [0.2, 0.25) is 0 Å². The van der Waals surface area contributed by atoms with Crippen LogP contribution in [0.5, 0.6) is 0 Å². The first kappa shape index (κ1) is 16.3. The molecule has 0 saturated heterocycles. The minimum Gasteiger partial charge on any atom is -0.445 e. The van der Waals surface area contributed by atoms with Crippen molar-refractivity contribution in [3.8, 4) is 0 Å². The summed E-state index contributed by atoms with van der Waals surface area (Å²) in [6.07, 6.45) is -0.488. The number of aliphatic hydroxyl groups excluding tert-OH is 1. The van der Waals surface area contributed by atoms with Gasteiger partial charge in [-0.25, -0.2) is 4.79 Å². The van der Waals surface area contributed by atoms with E-state index in [0.717, 1.165) is 11.1 Å². The Morgan fingerprint density at radius 1 is 1.18 bits per heavy atom. The molecule has 0 heterocycles. The summed E-state index contributed by atoms with van der Waals surface area (Å²) in [5.41, 5.74) is 1.71. The molecule has 4 nitrogen and oxygen atoms in total. The highest BCUT2D eigenvalue weighted by atomic mass is 35.5. The second kappa shape index (κ2) is 7.82. The molecule has 0 saturated carbocycles. The quantitative estimate of drug-likeness (QED) is 0.915. The molecule has 2 aromatic rings. The molecular formula is C17H18ClNO3. The molecule has 0 bridgehead atoms. The van der Waals surface area contributed by atoms with Crippen LogP contribution < -0.4 is 0 Å². The van der Waals surface area contributed by atoms with Crippen LogP contribution >= 0.6 is 11.6 Å². The molecule has 2 rings (SSSR count). The minimum absolute atomic E-state index is 0.196. The average Bonchev–Trinajstić information content (AvgIpc) is 2.56. The fourth-order valence-corrected chi connectivity index (χ4v) is 2.21. The van der Waals surface area contributed by atoms with E-state index >= 15 is 0 Å². The molecule has 116 valence electrons. The standard InChI is InChI=1S/C17H18ClNO3/c1-19(16(11-20)14-7-9-15(18)10-8-14)17(21)22-12-13-5-3-2-4-6-13/h2-10,16,20H,11-12H2,1H3/t16-/m1/s1. The summed E-state index contributed by atoms with van der Waals surface area (Å²) in [7, 11) is 1.60. The third-order valence-corrected chi connectivity index (χ3v) is 3.64. The number of amides is 1. The van der Waals surface area contributed by atoms with Crippen LogP contribution in [0.4, 0.5) is 4.79 Å². The maximum Gasteiger partial charge on any atom is 0.410 e. The number of rotatable bonds is 5. The van der Waals surface area contributed by atoms with Crippen molar-refractivity contribution in [1.29, 1.82) is 0 Å². The number of halogens is 1. The summed E-state index contributed by atoms with van der Waals surface area (Å²) < 4.78 is 5.27. The second-order valence-electron chi connectivity index (χ2n) is 4.90. The maximum absolute atomic E-state index is 12.1. The van der Waals surface area contributed by atoms with E-state index in [2.05, 4.69) is 0 Å². The molecule has 5 heteroatoms. The van der Waals surface area contributed by atoms with Crippen LogP contribution in [-0.2, 0) is 11.3 Å². The lowest BCUT2D eigenvalue weighted by molar-refractivity contribution is 0.0759. The molecule has 0 aliphatic rings. The summed E-state index contributed by atoms with van der Waals surface area (Å²) in [5, 5.41) is 10.2. The van der Waals surface area contributed by atoms with E-state index in [-0.39, 0.29) is 13.2 Å². The lowest BCUT2D eigenvalue weighted by atomic mass is 10.1. The second-order valence-corrected chi connectivity index (χ2v) is 5.34. The lowest BCUT2D eigenvalue weighted by Crippen LogP contribution is -2.33. The van der Waals surface area contributed by atoms with Crippen LogP contribution in [0, 0.1) is 0 Å². The van der Waals surface area contributed by atoms with Crippen molar-refractivity contribution in [2.75, 3.05) is 13.7 Å². The largest absolute Gasteiger partial charge is 0.445 e. The first-order valence-electron chi connectivity index (χ1n) is 6.91. The molecule has 0 spiro atoms. The SMILES string of the molecule is CN(C(=O)OCc1ccccc1)[C@H](CO)c1ccc(Cl)cc1. The predicted molar refractivity (Wildman–Crippen MR) is 85.7 cm³/mol. The van der Waals surface area contributed by atoms with Crippen molar-refractivity contribution in [3.63, 3.8) is 0 Å². The van der Waals surface area contributed by atoms with Crippen LogP contribution in [0.2, 0.25) is 5.02 Å². The van der Waals surface area contributed by atoms with E-state index in [9.17, 15) is 9.90 Å². The molecule has 0 aromatic heterocycles. The summed E-state index contributed by atoms with van der Waals surface area (Å²) in [6.45, 7) is 0.00134. The van der Waals surface area contributed by atoms with Gasteiger partial charge in [0, 0.05) is 12.1 Å². The van der Waals surface area contributed by atoms with Crippen molar-refractivity contribution in [2.45, 2.75) is 12.6 Å². The number of aliphatic hydroxyl groups is 1. The Labute approximate surface area is 134 Å². The van der Waals surface area contributed by atoms with E-state index in [1.807, 2.05) is 30.3 Å². The Hall–Kier alpha value is -2.04. The highest BCUT2D eigenvalue weighted by Gasteiger charge is 2.22. The number of likely N-dealkylation sites (N-methyl/N-ethyl adjacent to an activating group) is 1. The topological polar surface area (TPSA) is 49.8 Å². The van der Waals surface area contributed by atoms with Gasteiger partial charge < -0.3 is 14.7 Å². The van der Waals surface area contributed by atoms with Gasteiger partial charge in [-0.3, -0.25) is 0 Å². The van der Waals surface area contributed by atoms with Crippen molar-refractivity contribution >= 4 is 17.7 Å². The van der Waals surface area contributed by atoms with Gasteiger partial charge >= 0.3 is 6.09 Å². The third-order valence-electron chi connectivity index (χ3n) is 3.39. The number of ether oxygens (including phenoxy) is 1. The average molecular weight is 320 g/mol. The molecule has 1 atom stereocenters. The van der Waals surface area contributed by atoms with Crippen LogP contribution in [0.3, 0.4) is 0 Å². The fraction of sp³-hybridized carbons (Fsp3) is 0.235. The van der Waals surface area contributed by atoms with E-state index in [4.69, 9.17) is 16.3 Å². The van der Waals surface area contributed by atoms with Crippen LogP contribution in [0.25, 0.3) is 0 Å². The smallest absolute Gasteiger partial charge is 0.410 e. The summed E-state index contributed by atoms with van der Waals surface area (Å²) in [4.78, 5) is 13.5. The zero-order chi connectivity index (χ0) is 15.9. The number of carbonyl (C=O) groups is 1. The monoisotopic (exact) mass is 319 g/mol. The van der Waals surface area contributed by atoms with Gasteiger partial charge in [0.15, 0.2) is 0 Å². The molecule has 1 amide bonds. The van der Waals surface area contributed by atoms with Gasteiger partial charge in [0.25, 0.3) is 0 Å². The Morgan fingerprint density at radius 2 is 1.82 bits per heavy atom. The van der Waals surface area contributed by atoms with E-state index in [0.29, 0.717) is 5.02 Å². The van der Waals surface area contributed by atoms with Crippen LogP contribution in [0.15, 0.2) is 54.6 Å². The highest BCUT2D eigenvalue weighted by Crippen LogP contribution is 2.21. The molecule has 22 heavy (non-hydrogen) atoms. The van der Waals surface area contributed by atoms with Gasteiger partial charge in [-0.1, -0.05) is 54.1 Å². The molecule has 0 unspecified atom stereocenters. The van der Waals surface area contributed by atoms with Gasteiger partial charge in [-0.15, -0.1) is 0 Å². The van der Waals surface area contributed by atoms with Crippen molar-refractivity contribution < 1.29 is 14.6 Å². The van der Waals surface area contributed by atoms with Gasteiger partial charge in [-0.05, 0) is 23.3 Å². The zero-order valence-corrected chi connectivity index (χ0v) is 13.0. The molecule has 0 radical (unpaired) electrons. The van der Waals surface area contributed by atoms with Crippen molar-refractivity contribution in [2.24, 2.45) is 0 Å². The number of carbonyl (C=O) groups excluding carboxylic acids is 1. The van der Waals surface area contributed by atoms with Gasteiger partial charge in [0.05, 0.1) is 12.6 Å². The number of hydrogen-bond acceptors (Lipinski definition) is 3. The minimum atomic E-state index is -0.488. The first-order valence-corrected chi connectivity index (χ1v) is 7.29. The Balaban J connectivity index is 1.99. The van der Waals surface area contributed by atoms with Crippen LogP contribution in [-0.4, -0.2) is 29.8 Å². The number of nitrogens with zero attached hydrogens (tertiary/aromatic N) is 1. The molecular weight excluding hydrogens is 302 g/mol. The maximum atomic E-state index is 12.1. The highest BCUT2D eigenvalue weighted by molar-refractivity contribution is 6.30. The molecule has 0 aliphatic heterocycles. The zero-order valence-electron chi connectivity index (χ0n) is 12.3. The Bertz CT molecular complexity index is 601. The van der Waals surface area contributed by atoms with E-state index in [1.165, 1.54) is 4.90 Å². The van der Waals surface area contributed by atoms with E-state index < -0.39 is 12.1 Å². The summed E-state index contributed by atoms with van der Waals surface area (Å²) in [5.74, 6) is 0. The predicted octanol–water partition coefficient (Wildman–Crippen LogP) is 3.64. The molecule has 0 fully saturated rings. The first-order chi connectivity index (χ1) is 10.6. The normalized spacial score (nSPS) is 11.8. The summed E-state index contributed by atoms with van der Waals surface area (Å²) in [6, 6.07) is 16.0. The molecule has 0 aliphatic carbocycles.